The van der Waals surface area contributed by atoms with E-state index in [1.807, 2.05) is 25.1 Å². The van der Waals surface area contributed by atoms with Crippen molar-refractivity contribution in [1.82, 2.24) is 14.9 Å². The van der Waals surface area contributed by atoms with Gasteiger partial charge in [-0.3, -0.25) is 4.90 Å². The first-order chi connectivity index (χ1) is 9.83. The minimum atomic E-state index is 0.247. The van der Waals surface area contributed by atoms with Crippen LogP contribution in [0, 0.1) is 6.92 Å². The van der Waals surface area contributed by atoms with Crippen molar-refractivity contribution in [3.8, 4) is 0 Å². The Morgan fingerprint density at radius 3 is 2.90 bits per heavy atom. The number of anilines is 1. The molecule has 0 amide bonds. The fourth-order valence-electron chi connectivity index (χ4n) is 2.67. The van der Waals surface area contributed by atoms with E-state index in [-0.39, 0.29) is 6.04 Å². The summed E-state index contributed by atoms with van der Waals surface area (Å²) in [6.45, 7) is 4.98. The van der Waals surface area contributed by atoms with Gasteiger partial charge in [-0.1, -0.05) is 0 Å². The number of nitrogens with one attached hydrogen (secondary N) is 1. The maximum absolute atomic E-state index is 5.60. The second-order valence-electron chi connectivity index (χ2n) is 5.18. The number of rotatable bonds is 5. The number of likely N-dealkylation sites (tertiary alicyclic amines) is 1. The van der Waals surface area contributed by atoms with E-state index in [1.54, 1.807) is 12.5 Å². The van der Waals surface area contributed by atoms with Crippen LogP contribution >= 0.6 is 0 Å². The molecule has 1 atom stereocenters. The van der Waals surface area contributed by atoms with Crippen LogP contribution in [-0.2, 0) is 0 Å². The average molecular weight is 272 g/mol. The molecule has 1 N–H and O–H groups in total. The Balaban J connectivity index is 1.70. The van der Waals surface area contributed by atoms with E-state index in [9.17, 15) is 0 Å². The minimum absolute atomic E-state index is 0.247. The van der Waals surface area contributed by atoms with Gasteiger partial charge < -0.3 is 9.73 Å². The molecule has 0 radical (unpaired) electrons. The summed E-state index contributed by atoms with van der Waals surface area (Å²) in [5, 5.41) is 3.33. The zero-order valence-electron chi connectivity index (χ0n) is 11.7. The van der Waals surface area contributed by atoms with Gasteiger partial charge >= 0.3 is 0 Å². The second kappa shape index (κ2) is 6.05. The Morgan fingerprint density at radius 1 is 1.35 bits per heavy atom. The molecule has 0 spiro atoms. The highest BCUT2D eigenvalue weighted by atomic mass is 16.3. The summed E-state index contributed by atoms with van der Waals surface area (Å²) < 4.78 is 5.60. The lowest BCUT2D eigenvalue weighted by Crippen LogP contribution is -2.31. The van der Waals surface area contributed by atoms with Crippen molar-refractivity contribution in [2.75, 3.05) is 25.0 Å². The van der Waals surface area contributed by atoms with E-state index in [4.69, 9.17) is 4.42 Å². The van der Waals surface area contributed by atoms with Gasteiger partial charge in [-0.25, -0.2) is 9.97 Å². The third-order valence-electron chi connectivity index (χ3n) is 3.70. The zero-order chi connectivity index (χ0) is 13.8. The van der Waals surface area contributed by atoms with Gasteiger partial charge in [0.25, 0.3) is 0 Å². The van der Waals surface area contributed by atoms with Crippen molar-refractivity contribution in [3.63, 3.8) is 0 Å². The zero-order valence-corrected chi connectivity index (χ0v) is 11.7. The SMILES string of the molecule is Cc1ccnc(NCC(c2ccco2)N2CCCC2)n1. The van der Waals surface area contributed by atoms with Crippen LogP contribution in [0.5, 0.6) is 0 Å². The molecule has 3 heterocycles. The monoisotopic (exact) mass is 272 g/mol. The molecule has 1 unspecified atom stereocenters. The van der Waals surface area contributed by atoms with Crippen LogP contribution in [0.2, 0.25) is 0 Å². The maximum atomic E-state index is 5.60. The summed E-state index contributed by atoms with van der Waals surface area (Å²) in [5.74, 6) is 1.69. The summed E-state index contributed by atoms with van der Waals surface area (Å²) in [5.41, 5.74) is 0.971. The van der Waals surface area contributed by atoms with E-state index in [0.29, 0.717) is 5.95 Å². The molecule has 1 saturated heterocycles. The average Bonchev–Trinajstić information content (AvgIpc) is 3.12. The molecule has 2 aromatic rings. The summed E-state index contributed by atoms with van der Waals surface area (Å²) in [7, 11) is 0. The molecule has 0 bridgehead atoms. The third-order valence-corrected chi connectivity index (χ3v) is 3.70. The minimum Gasteiger partial charge on any atom is -0.468 e. The molecule has 1 aliphatic rings. The molecular weight excluding hydrogens is 252 g/mol. The first kappa shape index (κ1) is 13.1. The number of nitrogens with zero attached hydrogens (tertiary/aromatic N) is 3. The normalized spacial score (nSPS) is 17.2. The molecule has 5 nitrogen and oxygen atoms in total. The molecular formula is C15H20N4O. The summed E-state index contributed by atoms with van der Waals surface area (Å²) >= 11 is 0. The van der Waals surface area contributed by atoms with Gasteiger partial charge in [0.2, 0.25) is 5.95 Å². The molecule has 5 heteroatoms. The van der Waals surface area contributed by atoms with Gasteiger partial charge in [0, 0.05) is 18.4 Å². The fraction of sp³-hybridized carbons (Fsp3) is 0.467. The van der Waals surface area contributed by atoms with Gasteiger partial charge in [-0.15, -0.1) is 0 Å². The van der Waals surface area contributed by atoms with Gasteiger partial charge in [0.05, 0.1) is 12.3 Å². The maximum Gasteiger partial charge on any atom is 0.222 e. The van der Waals surface area contributed by atoms with E-state index >= 15 is 0 Å². The predicted octanol–water partition coefficient (Wildman–Crippen LogP) is 2.63. The van der Waals surface area contributed by atoms with Crippen LogP contribution in [0.25, 0.3) is 0 Å². The number of hydrogen-bond donors (Lipinski definition) is 1. The van der Waals surface area contributed by atoms with Crippen LogP contribution in [0.3, 0.4) is 0 Å². The Kier molecular flexibility index (Phi) is 3.97. The van der Waals surface area contributed by atoms with Crippen molar-refractivity contribution in [2.24, 2.45) is 0 Å². The van der Waals surface area contributed by atoms with Gasteiger partial charge in [-0.05, 0) is 51.1 Å². The lowest BCUT2D eigenvalue weighted by molar-refractivity contribution is 0.225. The number of hydrogen-bond acceptors (Lipinski definition) is 5. The molecule has 20 heavy (non-hydrogen) atoms. The number of aryl methyl sites for hydroxylation is 1. The van der Waals surface area contributed by atoms with E-state index in [0.717, 1.165) is 31.1 Å². The Hall–Kier alpha value is -1.88. The Bertz CT molecular complexity index is 535. The molecule has 0 saturated carbocycles. The van der Waals surface area contributed by atoms with Crippen LogP contribution in [0.15, 0.2) is 35.1 Å². The summed E-state index contributed by atoms with van der Waals surface area (Å²) in [4.78, 5) is 11.1. The molecule has 2 aromatic heterocycles. The van der Waals surface area contributed by atoms with Crippen molar-refractivity contribution in [2.45, 2.75) is 25.8 Å². The largest absolute Gasteiger partial charge is 0.468 e. The molecule has 1 aliphatic heterocycles. The number of aromatic nitrogens is 2. The van der Waals surface area contributed by atoms with Crippen molar-refractivity contribution >= 4 is 5.95 Å². The summed E-state index contributed by atoms with van der Waals surface area (Å²) in [6, 6.07) is 6.13. The van der Waals surface area contributed by atoms with Gasteiger partial charge in [-0.2, -0.15) is 0 Å². The topological polar surface area (TPSA) is 54.2 Å². The first-order valence-electron chi connectivity index (χ1n) is 7.14. The molecule has 3 rings (SSSR count). The van der Waals surface area contributed by atoms with Crippen LogP contribution in [-0.4, -0.2) is 34.5 Å². The standard InChI is InChI=1S/C15H20N4O/c1-12-6-7-16-15(18-12)17-11-13(14-5-4-10-20-14)19-8-2-3-9-19/h4-7,10,13H,2-3,8-9,11H2,1H3,(H,16,17,18). The van der Waals surface area contributed by atoms with Gasteiger partial charge in [0.15, 0.2) is 0 Å². The lowest BCUT2D eigenvalue weighted by atomic mass is 10.2. The van der Waals surface area contributed by atoms with E-state index in [2.05, 4.69) is 20.2 Å². The van der Waals surface area contributed by atoms with Crippen molar-refractivity contribution in [1.29, 1.82) is 0 Å². The fourth-order valence-corrected chi connectivity index (χ4v) is 2.67. The lowest BCUT2D eigenvalue weighted by Gasteiger charge is -2.25. The van der Waals surface area contributed by atoms with Crippen molar-refractivity contribution in [3.05, 3.63) is 42.1 Å². The third kappa shape index (κ3) is 2.99. The Morgan fingerprint density at radius 2 is 2.20 bits per heavy atom. The van der Waals surface area contributed by atoms with E-state index < -0.39 is 0 Å². The predicted molar refractivity (Wildman–Crippen MR) is 77.5 cm³/mol. The van der Waals surface area contributed by atoms with E-state index in [1.165, 1.54) is 12.8 Å². The molecule has 1 fully saturated rings. The highest BCUT2D eigenvalue weighted by Gasteiger charge is 2.25. The smallest absolute Gasteiger partial charge is 0.222 e. The molecule has 106 valence electrons. The molecule has 0 aliphatic carbocycles. The highest BCUT2D eigenvalue weighted by molar-refractivity contribution is 5.26. The van der Waals surface area contributed by atoms with Crippen LogP contribution in [0.1, 0.15) is 30.3 Å². The highest BCUT2D eigenvalue weighted by Crippen LogP contribution is 2.25. The van der Waals surface area contributed by atoms with Crippen LogP contribution < -0.4 is 5.32 Å². The quantitative estimate of drug-likeness (QED) is 0.906. The second-order valence-corrected chi connectivity index (χ2v) is 5.18. The first-order valence-corrected chi connectivity index (χ1v) is 7.14. The Labute approximate surface area is 119 Å². The number of furan rings is 1. The van der Waals surface area contributed by atoms with Crippen molar-refractivity contribution < 1.29 is 4.42 Å². The molecule has 0 aromatic carbocycles. The van der Waals surface area contributed by atoms with Crippen LogP contribution in [0.4, 0.5) is 5.95 Å². The summed E-state index contributed by atoms with van der Waals surface area (Å²) in [6.07, 6.45) is 6.04. The van der Waals surface area contributed by atoms with Gasteiger partial charge in [0.1, 0.15) is 5.76 Å².